The number of imidazole rings is 1. The Labute approximate surface area is 121 Å². The first-order valence-corrected chi connectivity index (χ1v) is 6.49. The molecule has 1 N–H and O–H groups in total. The molecule has 1 amide bonds. The fourth-order valence-electron chi connectivity index (χ4n) is 2.00. The predicted molar refractivity (Wildman–Crippen MR) is 77.5 cm³/mol. The van der Waals surface area contributed by atoms with Gasteiger partial charge in [-0.2, -0.15) is 0 Å². The molecule has 1 aromatic carbocycles. The topological polar surface area (TPSA) is 69.0 Å². The Balaban J connectivity index is 1.86. The Kier molecular flexibility index (Phi) is 3.51. The second-order valence-electron chi connectivity index (χ2n) is 4.58. The minimum absolute atomic E-state index is 0.173. The van der Waals surface area contributed by atoms with Gasteiger partial charge in [0.25, 0.3) is 0 Å². The van der Waals surface area contributed by atoms with E-state index in [-0.39, 0.29) is 5.91 Å². The maximum absolute atomic E-state index is 11.2. The van der Waals surface area contributed by atoms with E-state index in [1.165, 1.54) is 17.9 Å². The Bertz CT molecular complexity index is 724. The fraction of sp³-hybridized carbons (Fsp3) is 0.133. The highest BCUT2D eigenvalue weighted by Gasteiger charge is 2.15. The Morgan fingerprint density at radius 2 is 2.05 bits per heavy atom. The minimum atomic E-state index is -0.173. The molecule has 2 heterocycles. The van der Waals surface area contributed by atoms with Crippen LogP contribution < -0.4 is 10.2 Å². The number of amides is 1. The summed E-state index contributed by atoms with van der Waals surface area (Å²) in [4.78, 5) is 19.5. The number of carbonyl (C=O) groups is 1. The minimum Gasteiger partial charge on any atom is -0.485 e. The highest BCUT2D eigenvalue weighted by atomic mass is 16.5. The maximum atomic E-state index is 11.2. The molecular weight excluding hydrogens is 268 g/mol. The van der Waals surface area contributed by atoms with Crippen LogP contribution in [0.25, 0.3) is 11.4 Å². The van der Waals surface area contributed by atoms with Gasteiger partial charge in [-0.1, -0.05) is 30.3 Å². The monoisotopic (exact) mass is 282 g/mol. The Hall–Kier alpha value is -2.89. The van der Waals surface area contributed by atoms with Crippen LogP contribution in [-0.4, -0.2) is 20.6 Å². The lowest BCUT2D eigenvalue weighted by molar-refractivity contribution is -0.115. The molecule has 0 atom stereocenters. The summed E-state index contributed by atoms with van der Waals surface area (Å²) in [5.41, 5.74) is 5.05. The number of aromatic nitrogens is 3. The molecule has 0 radical (unpaired) electrons. The van der Waals surface area contributed by atoms with E-state index in [4.69, 9.17) is 4.74 Å². The van der Waals surface area contributed by atoms with Crippen molar-refractivity contribution in [3.05, 3.63) is 54.6 Å². The van der Waals surface area contributed by atoms with Crippen LogP contribution in [0.4, 0.5) is 0 Å². The van der Waals surface area contributed by atoms with Crippen molar-refractivity contribution in [2.45, 2.75) is 13.5 Å². The van der Waals surface area contributed by atoms with E-state index in [0.717, 1.165) is 5.56 Å². The highest BCUT2D eigenvalue weighted by molar-refractivity contribution is 5.81. The normalized spacial score (nSPS) is 10.5. The van der Waals surface area contributed by atoms with Gasteiger partial charge in [0.1, 0.15) is 24.3 Å². The van der Waals surface area contributed by atoms with Gasteiger partial charge in [-0.15, -0.1) is 0 Å². The van der Waals surface area contributed by atoms with Gasteiger partial charge < -0.3 is 4.74 Å². The molecule has 2 aliphatic heterocycles. The van der Waals surface area contributed by atoms with Crippen molar-refractivity contribution in [1.82, 2.24) is 14.6 Å². The van der Waals surface area contributed by atoms with E-state index in [1.54, 1.807) is 12.4 Å². The first-order valence-electron chi connectivity index (χ1n) is 6.49. The van der Waals surface area contributed by atoms with E-state index in [2.05, 4.69) is 15.4 Å². The molecule has 6 nitrogen and oxygen atoms in total. The van der Waals surface area contributed by atoms with Gasteiger partial charge in [0.2, 0.25) is 5.91 Å². The summed E-state index contributed by atoms with van der Waals surface area (Å²) in [5, 5.41) is 0. The quantitative estimate of drug-likeness (QED) is 0.795. The van der Waals surface area contributed by atoms with Crippen LogP contribution in [-0.2, 0) is 11.4 Å². The number of fused-ring (bicyclic) bond motifs is 1. The second-order valence-corrected chi connectivity index (χ2v) is 4.58. The van der Waals surface area contributed by atoms with Crippen LogP contribution in [0.3, 0.4) is 0 Å². The SMILES string of the molecule is CC(=O)Nn1cc2ncnc-2c(OCc2ccccc2)c1. The first kappa shape index (κ1) is 13.1. The second kappa shape index (κ2) is 5.62. The van der Waals surface area contributed by atoms with E-state index in [1.807, 2.05) is 30.3 Å². The van der Waals surface area contributed by atoms with E-state index < -0.39 is 0 Å². The van der Waals surface area contributed by atoms with Crippen molar-refractivity contribution in [2.75, 3.05) is 5.43 Å². The van der Waals surface area contributed by atoms with E-state index >= 15 is 0 Å². The molecule has 3 rings (SSSR count). The zero-order valence-electron chi connectivity index (χ0n) is 11.5. The van der Waals surface area contributed by atoms with Gasteiger partial charge in [0, 0.05) is 6.92 Å². The summed E-state index contributed by atoms with van der Waals surface area (Å²) in [6.07, 6.45) is 4.85. The number of ether oxygens (including phenoxy) is 1. The van der Waals surface area contributed by atoms with E-state index in [9.17, 15) is 4.79 Å². The lowest BCUT2D eigenvalue weighted by Crippen LogP contribution is -2.20. The molecule has 106 valence electrons. The standard InChI is InChI=1S/C15H14N4O2/c1-11(20)18-19-7-13-15(17-10-16-13)14(8-19)21-9-12-5-3-2-4-6-12/h2-8,10H,9H2,1H3,(H,18,20). The first-order chi connectivity index (χ1) is 10.2. The fourth-order valence-corrected chi connectivity index (χ4v) is 2.00. The summed E-state index contributed by atoms with van der Waals surface area (Å²) >= 11 is 0. The Morgan fingerprint density at radius 1 is 1.24 bits per heavy atom. The third-order valence-electron chi connectivity index (χ3n) is 2.90. The van der Waals surface area contributed by atoms with Crippen LogP contribution in [0.2, 0.25) is 0 Å². The number of pyridine rings is 1. The van der Waals surface area contributed by atoms with Gasteiger partial charge in [0.05, 0.1) is 12.4 Å². The molecule has 0 fully saturated rings. The number of benzene rings is 1. The zero-order valence-corrected chi connectivity index (χ0v) is 11.5. The molecule has 0 bridgehead atoms. The summed E-state index contributed by atoms with van der Waals surface area (Å²) in [7, 11) is 0. The summed E-state index contributed by atoms with van der Waals surface area (Å²) < 4.78 is 7.34. The Morgan fingerprint density at radius 3 is 2.81 bits per heavy atom. The predicted octanol–water partition coefficient (Wildman–Crippen LogP) is 2.05. The number of carbonyl (C=O) groups excluding carboxylic acids is 1. The van der Waals surface area contributed by atoms with Crippen molar-refractivity contribution in [3.63, 3.8) is 0 Å². The molecule has 2 aliphatic rings. The smallest absolute Gasteiger partial charge is 0.235 e. The van der Waals surface area contributed by atoms with E-state index in [0.29, 0.717) is 23.7 Å². The number of nitrogens with zero attached hydrogens (tertiary/aromatic N) is 3. The third kappa shape index (κ3) is 3.00. The van der Waals surface area contributed by atoms with Crippen molar-refractivity contribution < 1.29 is 9.53 Å². The van der Waals surface area contributed by atoms with Crippen molar-refractivity contribution in [1.29, 1.82) is 0 Å². The summed E-state index contributed by atoms with van der Waals surface area (Å²) in [5.74, 6) is 0.399. The molecule has 0 saturated carbocycles. The van der Waals surface area contributed by atoms with Crippen LogP contribution >= 0.6 is 0 Å². The van der Waals surface area contributed by atoms with Crippen molar-refractivity contribution >= 4 is 5.91 Å². The molecule has 0 unspecified atom stereocenters. The van der Waals surface area contributed by atoms with Crippen LogP contribution in [0.15, 0.2) is 49.1 Å². The number of hydrogen-bond acceptors (Lipinski definition) is 4. The molecule has 0 saturated heterocycles. The average Bonchev–Trinajstić information content (AvgIpc) is 2.93. The van der Waals surface area contributed by atoms with Crippen LogP contribution in [0, 0.1) is 0 Å². The average molecular weight is 282 g/mol. The number of nitrogens with one attached hydrogen (secondary N) is 1. The lowest BCUT2D eigenvalue weighted by atomic mass is 10.2. The van der Waals surface area contributed by atoms with Gasteiger partial charge in [-0.3, -0.25) is 14.9 Å². The molecular formula is C15H14N4O2. The van der Waals surface area contributed by atoms with Gasteiger partial charge in [0.15, 0.2) is 5.75 Å². The van der Waals surface area contributed by atoms with Gasteiger partial charge in [-0.25, -0.2) is 9.97 Å². The number of rotatable bonds is 4. The van der Waals surface area contributed by atoms with Crippen molar-refractivity contribution in [3.8, 4) is 17.1 Å². The number of hydrogen-bond donors (Lipinski definition) is 1. The van der Waals surface area contributed by atoms with Gasteiger partial charge >= 0.3 is 0 Å². The van der Waals surface area contributed by atoms with Crippen molar-refractivity contribution in [2.24, 2.45) is 0 Å². The molecule has 0 spiro atoms. The summed E-state index contributed by atoms with van der Waals surface area (Å²) in [6.45, 7) is 1.87. The summed E-state index contributed by atoms with van der Waals surface area (Å²) in [6, 6.07) is 9.84. The van der Waals surface area contributed by atoms with Crippen LogP contribution in [0.5, 0.6) is 5.75 Å². The highest BCUT2D eigenvalue weighted by Crippen LogP contribution is 2.28. The lowest BCUT2D eigenvalue weighted by Gasteiger charge is -2.13. The molecule has 6 heteroatoms. The molecule has 1 aromatic rings. The van der Waals surface area contributed by atoms with Crippen LogP contribution in [0.1, 0.15) is 12.5 Å². The largest absolute Gasteiger partial charge is 0.485 e. The molecule has 21 heavy (non-hydrogen) atoms. The third-order valence-corrected chi connectivity index (χ3v) is 2.90. The zero-order chi connectivity index (χ0) is 14.7. The van der Waals surface area contributed by atoms with Gasteiger partial charge in [-0.05, 0) is 5.56 Å². The maximum Gasteiger partial charge on any atom is 0.235 e. The molecule has 0 aliphatic carbocycles. The molecule has 0 aromatic heterocycles.